The summed E-state index contributed by atoms with van der Waals surface area (Å²) < 4.78 is 1.57. The number of nitrogens with two attached hydrogens (primary N) is 1. The van der Waals surface area contributed by atoms with Gasteiger partial charge in [-0.25, -0.2) is 4.98 Å². The molecule has 1 amide bonds. The van der Waals surface area contributed by atoms with E-state index in [-0.39, 0.29) is 5.91 Å². The Balaban J connectivity index is 1.39. The second-order valence-corrected chi connectivity index (χ2v) is 7.75. The number of carbonyl (C=O) groups is 1. The van der Waals surface area contributed by atoms with Crippen LogP contribution in [0.1, 0.15) is 10.5 Å². The highest BCUT2D eigenvalue weighted by molar-refractivity contribution is 7.12. The number of benzene rings is 1. The number of amides is 1. The van der Waals surface area contributed by atoms with Gasteiger partial charge in [-0.2, -0.15) is 9.78 Å². The molecular formula is C20H20N8OS. The Hall–Kier alpha value is -3.50. The maximum atomic E-state index is 12.9. The van der Waals surface area contributed by atoms with Crippen molar-refractivity contribution in [1.82, 2.24) is 25.1 Å². The van der Waals surface area contributed by atoms with Gasteiger partial charge in [0.25, 0.3) is 5.91 Å². The Morgan fingerprint density at radius 1 is 1.20 bits per heavy atom. The van der Waals surface area contributed by atoms with Crippen molar-refractivity contribution < 1.29 is 4.79 Å². The lowest BCUT2D eigenvalue weighted by molar-refractivity contribution is 0.102. The standard InChI is InChI=1S/C20H20N8OS/c21-18-13-3-1-2-4-14(13)26-28(18)20-25-16(12-30-20)19(29)24-15-11-23-6-5-17(15)27-9-7-22-8-10-27/h1-6,11-12,22H,7-10,21H2,(H,24,29). The lowest BCUT2D eigenvalue weighted by Crippen LogP contribution is -2.43. The highest BCUT2D eigenvalue weighted by atomic mass is 32.1. The molecule has 4 heterocycles. The first-order valence-corrected chi connectivity index (χ1v) is 10.5. The van der Waals surface area contributed by atoms with Crippen LogP contribution in [0.25, 0.3) is 16.0 Å². The normalized spacial score (nSPS) is 14.2. The molecule has 3 aromatic heterocycles. The average molecular weight is 421 g/mol. The van der Waals surface area contributed by atoms with Crippen LogP contribution in [0.5, 0.6) is 0 Å². The number of hydrogen-bond donors (Lipinski definition) is 3. The summed E-state index contributed by atoms with van der Waals surface area (Å²) >= 11 is 1.32. The molecule has 1 aliphatic rings. The minimum absolute atomic E-state index is 0.294. The summed E-state index contributed by atoms with van der Waals surface area (Å²) in [5.74, 6) is 0.206. The molecule has 0 unspecified atom stereocenters. The van der Waals surface area contributed by atoms with Gasteiger partial charge in [0.2, 0.25) is 5.13 Å². The molecule has 4 N–H and O–H groups in total. The van der Waals surface area contributed by atoms with E-state index in [1.165, 1.54) is 11.3 Å². The molecule has 0 atom stereocenters. The molecule has 1 fully saturated rings. The predicted octanol–water partition coefficient (Wildman–Crippen LogP) is 2.12. The Kier molecular flexibility index (Phi) is 4.77. The lowest BCUT2D eigenvalue weighted by Gasteiger charge is -2.30. The van der Waals surface area contributed by atoms with Crippen molar-refractivity contribution in [2.24, 2.45) is 0 Å². The third-order valence-electron chi connectivity index (χ3n) is 5.03. The maximum Gasteiger partial charge on any atom is 0.275 e. The fourth-order valence-electron chi connectivity index (χ4n) is 3.52. The molecule has 0 spiro atoms. The number of nitrogen functional groups attached to an aromatic ring is 1. The van der Waals surface area contributed by atoms with Crippen molar-refractivity contribution in [2.75, 3.05) is 42.1 Å². The largest absolute Gasteiger partial charge is 0.383 e. The lowest BCUT2D eigenvalue weighted by atomic mass is 10.2. The molecular weight excluding hydrogens is 400 g/mol. The van der Waals surface area contributed by atoms with E-state index in [4.69, 9.17) is 5.73 Å². The van der Waals surface area contributed by atoms with E-state index in [1.54, 1.807) is 22.5 Å². The summed E-state index contributed by atoms with van der Waals surface area (Å²) in [5.41, 5.74) is 8.95. The van der Waals surface area contributed by atoms with Crippen molar-refractivity contribution >= 4 is 45.3 Å². The van der Waals surface area contributed by atoms with Crippen LogP contribution in [0.4, 0.5) is 17.2 Å². The van der Waals surface area contributed by atoms with E-state index < -0.39 is 0 Å². The molecule has 0 saturated carbocycles. The minimum Gasteiger partial charge on any atom is -0.383 e. The maximum absolute atomic E-state index is 12.9. The second kappa shape index (κ2) is 7.73. The van der Waals surface area contributed by atoms with Crippen LogP contribution in [-0.2, 0) is 0 Å². The number of rotatable bonds is 4. The van der Waals surface area contributed by atoms with E-state index in [2.05, 4.69) is 30.6 Å². The zero-order valence-electron chi connectivity index (χ0n) is 16.1. The molecule has 5 rings (SSSR count). The van der Waals surface area contributed by atoms with Crippen LogP contribution >= 0.6 is 11.3 Å². The van der Waals surface area contributed by atoms with Crippen LogP contribution in [0.2, 0.25) is 0 Å². The Morgan fingerprint density at radius 2 is 2.03 bits per heavy atom. The molecule has 1 aromatic carbocycles. The minimum atomic E-state index is -0.294. The highest BCUT2D eigenvalue weighted by Gasteiger charge is 2.19. The van der Waals surface area contributed by atoms with E-state index in [0.29, 0.717) is 22.3 Å². The van der Waals surface area contributed by atoms with Gasteiger partial charge in [0.1, 0.15) is 11.5 Å². The molecule has 1 saturated heterocycles. The van der Waals surface area contributed by atoms with Crippen molar-refractivity contribution in [3.63, 3.8) is 0 Å². The molecule has 9 nitrogen and oxygen atoms in total. The third-order valence-corrected chi connectivity index (χ3v) is 5.84. The first-order valence-electron chi connectivity index (χ1n) is 9.61. The fourth-order valence-corrected chi connectivity index (χ4v) is 4.28. The van der Waals surface area contributed by atoms with E-state index in [0.717, 1.165) is 42.8 Å². The number of pyridine rings is 1. The number of carbonyl (C=O) groups excluding carboxylic acids is 1. The number of anilines is 3. The van der Waals surface area contributed by atoms with Crippen LogP contribution < -0.4 is 21.3 Å². The van der Waals surface area contributed by atoms with Gasteiger partial charge in [0.05, 0.1) is 23.1 Å². The van der Waals surface area contributed by atoms with Gasteiger partial charge in [0, 0.05) is 43.1 Å². The monoisotopic (exact) mass is 420 g/mol. The zero-order valence-corrected chi connectivity index (χ0v) is 16.9. The molecule has 0 radical (unpaired) electrons. The van der Waals surface area contributed by atoms with Gasteiger partial charge in [-0.1, -0.05) is 12.1 Å². The van der Waals surface area contributed by atoms with Crippen LogP contribution in [0.15, 0.2) is 48.1 Å². The number of hydrogen-bond acceptors (Lipinski definition) is 8. The van der Waals surface area contributed by atoms with E-state index in [9.17, 15) is 4.79 Å². The van der Waals surface area contributed by atoms with Crippen molar-refractivity contribution in [3.8, 4) is 5.13 Å². The van der Waals surface area contributed by atoms with Gasteiger partial charge in [-0.05, 0) is 18.2 Å². The summed E-state index contributed by atoms with van der Waals surface area (Å²) in [7, 11) is 0. The second-order valence-electron chi connectivity index (χ2n) is 6.91. The fraction of sp³-hybridized carbons (Fsp3) is 0.200. The SMILES string of the molecule is Nc1c2ccccc2nn1-c1nc(C(=O)Nc2cnccc2N2CCNCC2)cs1. The summed E-state index contributed by atoms with van der Waals surface area (Å²) in [6, 6.07) is 9.54. The van der Waals surface area contributed by atoms with Crippen LogP contribution in [-0.4, -0.2) is 51.8 Å². The predicted molar refractivity (Wildman–Crippen MR) is 118 cm³/mol. The Labute approximate surface area is 176 Å². The molecule has 30 heavy (non-hydrogen) atoms. The molecule has 10 heteroatoms. The first kappa shape index (κ1) is 18.5. The van der Waals surface area contributed by atoms with Gasteiger partial charge in [-0.15, -0.1) is 11.3 Å². The molecule has 0 aliphatic carbocycles. The molecule has 1 aliphatic heterocycles. The smallest absolute Gasteiger partial charge is 0.275 e. The zero-order chi connectivity index (χ0) is 20.5. The van der Waals surface area contributed by atoms with E-state index >= 15 is 0 Å². The van der Waals surface area contributed by atoms with Gasteiger partial charge >= 0.3 is 0 Å². The number of fused-ring (bicyclic) bond motifs is 1. The Morgan fingerprint density at radius 3 is 2.87 bits per heavy atom. The van der Waals surface area contributed by atoms with Crippen LogP contribution in [0.3, 0.4) is 0 Å². The summed E-state index contributed by atoms with van der Waals surface area (Å²) in [4.78, 5) is 23.7. The molecule has 152 valence electrons. The van der Waals surface area contributed by atoms with Gasteiger partial charge < -0.3 is 21.3 Å². The van der Waals surface area contributed by atoms with E-state index in [1.807, 2.05) is 30.3 Å². The van der Waals surface area contributed by atoms with Crippen LogP contribution in [0, 0.1) is 0 Å². The number of aromatic nitrogens is 4. The van der Waals surface area contributed by atoms with Crippen molar-refractivity contribution in [3.05, 3.63) is 53.8 Å². The first-order chi connectivity index (χ1) is 14.7. The Bertz CT molecular complexity index is 1210. The molecule has 4 aromatic rings. The van der Waals surface area contributed by atoms with Crippen molar-refractivity contribution in [2.45, 2.75) is 0 Å². The van der Waals surface area contributed by atoms with Crippen molar-refractivity contribution in [1.29, 1.82) is 0 Å². The molecule has 0 bridgehead atoms. The highest BCUT2D eigenvalue weighted by Crippen LogP contribution is 2.27. The summed E-state index contributed by atoms with van der Waals surface area (Å²) in [6.45, 7) is 3.56. The summed E-state index contributed by atoms with van der Waals surface area (Å²) in [5, 5.41) is 13.9. The average Bonchev–Trinajstić information content (AvgIpc) is 3.40. The number of piperazine rings is 1. The third kappa shape index (κ3) is 3.36. The number of nitrogens with zero attached hydrogens (tertiary/aromatic N) is 5. The number of nitrogens with one attached hydrogen (secondary N) is 2. The summed E-state index contributed by atoms with van der Waals surface area (Å²) in [6.07, 6.45) is 3.40. The number of thiazole rings is 1. The van der Waals surface area contributed by atoms with Gasteiger partial charge in [-0.3, -0.25) is 9.78 Å². The quantitative estimate of drug-likeness (QED) is 0.463. The van der Waals surface area contributed by atoms with Gasteiger partial charge in [0.15, 0.2) is 0 Å². The topological polar surface area (TPSA) is 114 Å².